The number of benzene rings is 1. The molecule has 0 unspecified atom stereocenters. The maximum absolute atomic E-state index is 12.3. The number of rotatable bonds is 1. The number of hydrogen-bond donors (Lipinski definition) is 1. The van der Waals surface area contributed by atoms with Gasteiger partial charge in [0.15, 0.2) is 5.75 Å². The number of nitrogens with one attached hydrogen (secondary N) is 1. The van der Waals surface area contributed by atoms with E-state index in [9.17, 15) is 9.59 Å². The number of esters is 1. The van der Waals surface area contributed by atoms with E-state index in [1.807, 2.05) is 12.1 Å². The topological polar surface area (TPSA) is 59.2 Å². The molecule has 3 rings (SSSR count). The SMILES string of the molecule is CC(=O)Oc1csc2[nH]c3ccccc3c(=O)c12. The van der Waals surface area contributed by atoms with Crippen molar-refractivity contribution in [1.29, 1.82) is 0 Å². The Morgan fingerprint density at radius 3 is 2.89 bits per heavy atom. The van der Waals surface area contributed by atoms with Crippen molar-refractivity contribution >= 4 is 38.4 Å². The van der Waals surface area contributed by atoms with Gasteiger partial charge in [-0.05, 0) is 12.1 Å². The number of aromatic nitrogens is 1. The Hall–Kier alpha value is -2.14. The molecule has 0 fully saturated rings. The van der Waals surface area contributed by atoms with E-state index in [0.29, 0.717) is 16.5 Å². The van der Waals surface area contributed by atoms with Gasteiger partial charge in [0.2, 0.25) is 5.43 Å². The van der Waals surface area contributed by atoms with Crippen molar-refractivity contribution in [1.82, 2.24) is 4.98 Å². The molecule has 0 aliphatic rings. The Morgan fingerprint density at radius 1 is 1.33 bits per heavy atom. The molecule has 90 valence electrons. The lowest BCUT2D eigenvalue weighted by Gasteiger charge is -2.00. The van der Waals surface area contributed by atoms with Crippen LogP contribution in [0.1, 0.15) is 6.92 Å². The van der Waals surface area contributed by atoms with Crippen LogP contribution in [0.4, 0.5) is 0 Å². The van der Waals surface area contributed by atoms with Gasteiger partial charge in [0.1, 0.15) is 10.2 Å². The first-order chi connectivity index (χ1) is 8.66. The van der Waals surface area contributed by atoms with Crippen molar-refractivity contribution in [3.05, 3.63) is 39.9 Å². The Balaban J connectivity index is 2.41. The molecule has 0 atom stereocenters. The van der Waals surface area contributed by atoms with Crippen LogP contribution >= 0.6 is 11.3 Å². The summed E-state index contributed by atoms with van der Waals surface area (Å²) in [4.78, 5) is 27.2. The van der Waals surface area contributed by atoms with Crippen molar-refractivity contribution in [3.8, 4) is 5.75 Å². The maximum Gasteiger partial charge on any atom is 0.308 e. The van der Waals surface area contributed by atoms with Crippen LogP contribution in [-0.4, -0.2) is 11.0 Å². The van der Waals surface area contributed by atoms with E-state index >= 15 is 0 Å². The zero-order valence-corrected chi connectivity index (χ0v) is 10.3. The van der Waals surface area contributed by atoms with Crippen molar-refractivity contribution in [3.63, 3.8) is 0 Å². The molecule has 0 spiro atoms. The van der Waals surface area contributed by atoms with E-state index in [0.717, 1.165) is 10.3 Å². The summed E-state index contributed by atoms with van der Waals surface area (Å²) in [5.41, 5.74) is 0.670. The van der Waals surface area contributed by atoms with Crippen LogP contribution in [0.25, 0.3) is 21.1 Å². The normalized spacial score (nSPS) is 10.9. The van der Waals surface area contributed by atoms with Gasteiger partial charge < -0.3 is 9.72 Å². The second-order valence-electron chi connectivity index (χ2n) is 3.90. The summed E-state index contributed by atoms with van der Waals surface area (Å²) in [6.07, 6.45) is 0. The minimum absolute atomic E-state index is 0.114. The number of thiophene rings is 1. The Bertz CT molecular complexity index is 816. The van der Waals surface area contributed by atoms with Gasteiger partial charge in [-0.3, -0.25) is 9.59 Å². The maximum atomic E-state index is 12.3. The van der Waals surface area contributed by atoms with E-state index < -0.39 is 5.97 Å². The molecule has 0 saturated heterocycles. The van der Waals surface area contributed by atoms with E-state index in [4.69, 9.17) is 4.74 Å². The number of pyridine rings is 1. The molecule has 2 aromatic heterocycles. The number of aromatic amines is 1. The van der Waals surface area contributed by atoms with Crippen molar-refractivity contribution in [2.75, 3.05) is 0 Å². The van der Waals surface area contributed by atoms with E-state index in [1.165, 1.54) is 18.3 Å². The summed E-state index contributed by atoms with van der Waals surface area (Å²) in [7, 11) is 0. The third kappa shape index (κ3) is 1.60. The van der Waals surface area contributed by atoms with Gasteiger partial charge in [-0.2, -0.15) is 0 Å². The zero-order valence-electron chi connectivity index (χ0n) is 9.52. The fraction of sp³-hybridized carbons (Fsp3) is 0.0769. The molecule has 5 heteroatoms. The van der Waals surface area contributed by atoms with Gasteiger partial charge in [-0.1, -0.05) is 12.1 Å². The molecule has 18 heavy (non-hydrogen) atoms. The second kappa shape index (κ2) is 3.96. The molecule has 3 aromatic rings. The van der Waals surface area contributed by atoms with E-state index in [1.54, 1.807) is 17.5 Å². The molecule has 1 aromatic carbocycles. The summed E-state index contributed by atoms with van der Waals surface area (Å²) in [5.74, 6) is -0.100. The van der Waals surface area contributed by atoms with Gasteiger partial charge in [0.05, 0.1) is 5.52 Å². The first-order valence-electron chi connectivity index (χ1n) is 5.37. The van der Waals surface area contributed by atoms with Crippen LogP contribution in [0.15, 0.2) is 34.4 Å². The lowest BCUT2D eigenvalue weighted by Crippen LogP contribution is -2.06. The lowest BCUT2D eigenvalue weighted by molar-refractivity contribution is -0.131. The zero-order chi connectivity index (χ0) is 12.7. The van der Waals surface area contributed by atoms with Crippen LogP contribution in [0, 0.1) is 0 Å². The number of para-hydroxylation sites is 1. The first kappa shape index (κ1) is 11.0. The van der Waals surface area contributed by atoms with Gasteiger partial charge in [0, 0.05) is 17.7 Å². The average molecular weight is 259 g/mol. The number of carbonyl (C=O) groups excluding carboxylic acids is 1. The highest BCUT2D eigenvalue weighted by atomic mass is 32.1. The third-order valence-corrected chi connectivity index (χ3v) is 3.53. The van der Waals surface area contributed by atoms with Crippen molar-refractivity contribution < 1.29 is 9.53 Å². The lowest BCUT2D eigenvalue weighted by atomic mass is 10.2. The summed E-state index contributed by atoms with van der Waals surface area (Å²) in [6, 6.07) is 7.27. The van der Waals surface area contributed by atoms with Crippen LogP contribution in [-0.2, 0) is 4.79 Å². The number of carbonyl (C=O) groups is 1. The van der Waals surface area contributed by atoms with E-state index in [2.05, 4.69) is 4.98 Å². The van der Waals surface area contributed by atoms with E-state index in [-0.39, 0.29) is 5.43 Å². The summed E-state index contributed by atoms with van der Waals surface area (Å²) in [6.45, 7) is 1.32. The summed E-state index contributed by atoms with van der Waals surface area (Å²) in [5, 5.41) is 2.70. The molecule has 0 radical (unpaired) electrons. The van der Waals surface area contributed by atoms with Gasteiger partial charge >= 0.3 is 5.97 Å². The summed E-state index contributed by atoms with van der Waals surface area (Å²) >= 11 is 1.35. The number of hydrogen-bond acceptors (Lipinski definition) is 4. The van der Waals surface area contributed by atoms with Crippen LogP contribution in [0.2, 0.25) is 0 Å². The molecule has 0 bridgehead atoms. The van der Waals surface area contributed by atoms with Crippen molar-refractivity contribution in [2.45, 2.75) is 6.92 Å². The highest BCUT2D eigenvalue weighted by Gasteiger charge is 2.13. The molecule has 0 amide bonds. The van der Waals surface area contributed by atoms with Gasteiger partial charge in [-0.15, -0.1) is 11.3 Å². The minimum atomic E-state index is -0.428. The number of H-pyrrole nitrogens is 1. The van der Waals surface area contributed by atoms with Gasteiger partial charge in [0.25, 0.3) is 0 Å². The predicted molar refractivity (Wildman–Crippen MR) is 71.3 cm³/mol. The van der Waals surface area contributed by atoms with Gasteiger partial charge in [-0.25, -0.2) is 0 Å². The number of fused-ring (bicyclic) bond motifs is 2. The molecular weight excluding hydrogens is 250 g/mol. The fourth-order valence-corrected chi connectivity index (χ4v) is 2.80. The summed E-state index contributed by atoms with van der Waals surface area (Å²) < 4.78 is 5.05. The minimum Gasteiger partial charge on any atom is -0.425 e. The third-order valence-electron chi connectivity index (χ3n) is 2.66. The van der Waals surface area contributed by atoms with Crippen LogP contribution in [0.5, 0.6) is 5.75 Å². The molecular formula is C13H9NO3S. The molecule has 1 N–H and O–H groups in total. The predicted octanol–water partition coefficient (Wildman–Crippen LogP) is 2.67. The highest BCUT2D eigenvalue weighted by molar-refractivity contribution is 7.17. The second-order valence-corrected chi connectivity index (χ2v) is 4.78. The number of ether oxygens (including phenoxy) is 1. The Labute approximate surface area is 106 Å². The smallest absolute Gasteiger partial charge is 0.308 e. The van der Waals surface area contributed by atoms with Crippen molar-refractivity contribution in [2.24, 2.45) is 0 Å². The molecule has 0 saturated carbocycles. The Kier molecular flexibility index (Phi) is 2.41. The molecule has 0 aliphatic heterocycles. The highest BCUT2D eigenvalue weighted by Crippen LogP contribution is 2.29. The quantitative estimate of drug-likeness (QED) is 0.683. The molecule has 2 heterocycles. The largest absolute Gasteiger partial charge is 0.425 e. The first-order valence-corrected chi connectivity index (χ1v) is 6.25. The standard InChI is InChI=1S/C13H9NO3S/c1-7(15)17-10-6-18-13-11(10)12(16)8-4-2-3-5-9(8)14-13/h2-6H,1H3,(H,14,16). The fourth-order valence-electron chi connectivity index (χ4n) is 1.93. The molecule has 4 nitrogen and oxygen atoms in total. The Morgan fingerprint density at radius 2 is 2.11 bits per heavy atom. The monoisotopic (exact) mass is 259 g/mol. The average Bonchev–Trinajstić information content (AvgIpc) is 2.72. The van der Waals surface area contributed by atoms with Crippen LogP contribution in [0.3, 0.4) is 0 Å². The van der Waals surface area contributed by atoms with Crippen LogP contribution < -0.4 is 10.2 Å². The molecule has 0 aliphatic carbocycles.